The minimum atomic E-state index is 0.134. The first-order valence-electron chi connectivity index (χ1n) is 6.90. The zero-order chi connectivity index (χ0) is 13.5. The summed E-state index contributed by atoms with van der Waals surface area (Å²) in [6, 6.07) is 10.7. The molecule has 0 saturated carbocycles. The van der Waals surface area contributed by atoms with Crippen LogP contribution in [-0.2, 0) is 4.79 Å². The zero-order valence-electron chi connectivity index (χ0n) is 11.5. The second kappa shape index (κ2) is 7.56. The van der Waals surface area contributed by atoms with E-state index in [4.69, 9.17) is 0 Å². The number of carbonyl (C=O) groups is 1. The topological polar surface area (TPSA) is 32.3 Å². The van der Waals surface area contributed by atoms with Crippen LogP contribution in [0.1, 0.15) is 19.3 Å². The molecule has 1 unspecified atom stereocenters. The number of nitrogens with zero attached hydrogens (tertiary/aromatic N) is 1. The Morgan fingerprint density at radius 3 is 2.89 bits per heavy atom. The van der Waals surface area contributed by atoms with Gasteiger partial charge in [0.2, 0.25) is 5.91 Å². The maximum Gasteiger partial charge on any atom is 0.230 e. The van der Waals surface area contributed by atoms with Crippen LogP contribution in [0.4, 0.5) is 0 Å². The van der Waals surface area contributed by atoms with E-state index in [1.165, 1.54) is 19.4 Å². The third kappa shape index (κ3) is 4.88. The monoisotopic (exact) mass is 278 g/mol. The summed E-state index contributed by atoms with van der Waals surface area (Å²) in [7, 11) is 2.17. The molecule has 0 aliphatic carbocycles. The molecule has 1 aromatic carbocycles. The summed E-state index contributed by atoms with van der Waals surface area (Å²) in [5, 5.41) is 3.01. The molecule has 1 aliphatic heterocycles. The SMILES string of the molecule is CN1CCCC1CCNC(=O)CSc1ccccc1. The van der Waals surface area contributed by atoms with E-state index in [9.17, 15) is 4.79 Å². The molecule has 1 aliphatic rings. The van der Waals surface area contributed by atoms with E-state index >= 15 is 0 Å². The van der Waals surface area contributed by atoms with Crippen LogP contribution in [0.3, 0.4) is 0 Å². The number of likely N-dealkylation sites (tertiary alicyclic amines) is 1. The molecule has 0 aromatic heterocycles. The van der Waals surface area contributed by atoms with Crippen LogP contribution in [0, 0.1) is 0 Å². The quantitative estimate of drug-likeness (QED) is 0.811. The van der Waals surface area contributed by atoms with Crippen LogP contribution in [0.25, 0.3) is 0 Å². The number of rotatable bonds is 6. The molecule has 1 heterocycles. The maximum atomic E-state index is 11.7. The van der Waals surface area contributed by atoms with Gasteiger partial charge in [0, 0.05) is 17.5 Å². The number of carbonyl (C=O) groups excluding carboxylic acids is 1. The van der Waals surface area contributed by atoms with E-state index in [0.29, 0.717) is 11.8 Å². The van der Waals surface area contributed by atoms with Crippen molar-refractivity contribution in [3.05, 3.63) is 30.3 Å². The van der Waals surface area contributed by atoms with Crippen molar-refractivity contribution in [1.29, 1.82) is 0 Å². The summed E-state index contributed by atoms with van der Waals surface area (Å²) in [4.78, 5) is 15.3. The van der Waals surface area contributed by atoms with E-state index in [1.54, 1.807) is 11.8 Å². The number of hydrogen-bond donors (Lipinski definition) is 1. The molecule has 0 spiro atoms. The smallest absolute Gasteiger partial charge is 0.230 e. The largest absolute Gasteiger partial charge is 0.355 e. The van der Waals surface area contributed by atoms with Crippen LogP contribution >= 0.6 is 11.8 Å². The molecule has 1 N–H and O–H groups in total. The summed E-state index contributed by atoms with van der Waals surface area (Å²) < 4.78 is 0. The first kappa shape index (κ1) is 14.4. The minimum Gasteiger partial charge on any atom is -0.355 e. The van der Waals surface area contributed by atoms with Gasteiger partial charge >= 0.3 is 0 Å². The fourth-order valence-corrected chi connectivity index (χ4v) is 3.19. The predicted octanol–water partition coefficient (Wildman–Crippen LogP) is 2.38. The number of benzene rings is 1. The zero-order valence-corrected chi connectivity index (χ0v) is 12.3. The first-order chi connectivity index (χ1) is 9.25. The Bertz CT molecular complexity index is 396. The lowest BCUT2D eigenvalue weighted by atomic mass is 10.1. The van der Waals surface area contributed by atoms with Gasteiger partial charge in [-0.3, -0.25) is 4.79 Å². The van der Waals surface area contributed by atoms with Crippen molar-refractivity contribution in [2.45, 2.75) is 30.2 Å². The van der Waals surface area contributed by atoms with Crippen LogP contribution < -0.4 is 5.32 Å². The van der Waals surface area contributed by atoms with Gasteiger partial charge in [-0.1, -0.05) is 18.2 Å². The summed E-state index contributed by atoms with van der Waals surface area (Å²) >= 11 is 1.59. The van der Waals surface area contributed by atoms with Crippen molar-refractivity contribution in [2.75, 3.05) is 25.9 Å². The van der Waals surface area contributed by atoms with Crippen molar-refractivity contribution in [1.82, 2.24) is 10.2 Å². The number of nitrogens with one attached hydrogen (secondary N) is 1. The highest BCUT2D eigenvalue weighted by Gasteiger charge is 2.20. The average Bonchev–Trinajstić information content (AvgIpc) is 2.83. The normalized spacial score (nSPS) is 19.5. The lowest BCUT2D eigenvalue weighted by molar-refractivity contribution is -0.118. The lowest BCUT2D eigenvalue weighted by Gasteiger charge is -2.19. The van der Waals surface area contributed by atoms with E-state index in [1.807, 2.05) is 30.3 Å². The highest BCUT2D eigenvalue weighted by Crippen LogP contribution is 2.18. The van der Waals surface area contributed by atoms with Crippen LogP contribution in [0.15, 0.2) is 35.2 Å². The van der Waals surface area contributed by atoms with E-state index in [2.05, 4.69) is 17.3 Å². The Hall–Kier alpha value is -1.00. The average molecular weight is 278 g/mol. The van der Waals surface area contributed by atoms with Gasteiger partial charge in [0.1, 0.15) is 0 Å². The molecule has 1 amide bonds. The van der Waals surface area contributed by atoms with Crippen molar-refractivity contribution < 1.29 is 4.79 Å². The second-order valence-electron chi connectivity index (χ2n) is 5.02. The van der Waals surface area contributed by atoms with E-state index < -0.39 is 0 Å². The summed E-state index contributed by atoms with van der Waals surface area (Å²) in [5.41, 5.74) is 0. The third-order valence-corrected chi connectivity index (χ3v) is 4.60. The van der Waals surface area contributed by atoms with E-state index in [0.717, 1.165) is 17.9 Å². The highest BCUT2D eigenvalue weighted by molar-refractivity contribution is 8.00. The van der Waals surface area contributed by atoms with Crippen molar-refractivity contribution in [3.63, 3.8) is 0 Å². The Balaban J connectivity index is 1.60. The van der Waals surface area contributed by atoms with Gasteiger partial charge in [-0.15, -0.1) is 11.8 Å². The van der Waals surface area contributed by atoms with Gasteiger partial charge in [0.25, 0.3) is 0 Å². The fourth-order valence-electron chi connectivity index (χ4n) is 2.44. The highest BCUT2D eigenvalue weighted by atomic mass is 32.2. The molecule has 1 saturated heterocycles. The summed E-state index contributed by atoms with van der Waals surface area (Å²) in [6.45, 7) is 1.99. The molecule has 104 valence electrons. The standard InChI is InChI=1S/C15H22N2OS/c1-17-11-5-6-13(17)9-10-16-15(18)12-19-14-7-3-2-4-8-14/h2-4,7-8,13H,5-6,9-12H2,1H3,(H,16,18). The van der Waals surface area contributed by atoms with Gasteiger partial charge in [-0.2, -0.15) is 0 Å². The van der Waals surface area contributed by atoms with Crippen molar-refractivity contribution in [2.24, 2.45) is 0 Å². The molecule has 19 heavy (non-hydrogen) atoms. The Labute approximate surface area is 119 Å². The van der Waals surface area contributed by atoms with Crippen LogP contribution in [-0.4, -0.2) is 42.7 Å². The fraction of sp³-hybridized carbons (Fsp3) is 0.533. The van der Waals surface area contributed by atoms with Gasteiger partial charge in [-0.25, -0.2) is 0 Å². The van der Waals surface area contributed by atoms with Gasteiger partial charge in [-0.05, 0) is 45.0 Å². The summed E-state index contributed by atoms with van der Waals surface area (Å²) in [5.74, 6) is 0.638. The van der Waals surface area contributed by atoms with Crippen molar-refractivity contribution in [3.8, 4) is 0 Å². The van der Waals surface area contributed by atoms with Gasteiger partial charge in [0.15, 0.2) is 0 Å². The molecule has 1 fully saturated rings. The Morgan fingerprint density at radius 1 is 1.42 bits per heavy atom. The van der Waals surface area contributed by atoms with Gasteiger partial charge in [0.05, 0.1) is 5.75 Å². The van der Waals surface area contributed by atoms with Crippen LogP contribution in [0.2, 0.25) is 0 Å². The Kier molecular flexibility index (Phi) is 5.73. The number of amides is 1. The predicted molar refractivity (Wildman–Crippen MR) is 80.4 cm³/mol. The van der Waals surface area contributed by atoms with Crippen LogP contribution in [0.5, 0.6) is 0 Å². The molecule has 1 atom stereocenters. The molecular weight excluding hydrogens is 256 g/mol. The first-order valence-corrected chi connectivity index (χ1v) is 7.89. The number of thioether (sulfide) groups is 1. The maximum absolute atomic E-state index is 11.7. The van der Waals surface area contributed by atoms with Gasteiger partial charge < -0.3 is 10.2 Å². The second-order valence-corrected chi connectivity index (χ2v) is 6.07. The third-order valence-electron chi connectivity index (χ3n) is 3.58. The minimum absolute atomic E-state index is 0.134. The molecule has 0 radical (unpaired) electrons. The molecule has 4 heteroatoms. The van der Waals surface area contributed by atoms with E-state index in [-0.39, 0.29) is 5.91 Å². The molecule has 3 nitrogen and oxygen atoms in total. The molecule has 1 aromatic rings. The molecular formula is C15H22N2OS. The molecule has 2 rings (SSSR count). The number of hydrogen-bond acceptors (Lipinski definition) is 3. The van der Waals surface area contributed by atoms with Crippen molar-refractivity contribution >= 4 is 17.7 Å². The summed E-state index contributed by atoms with van der Waals surface area (Å²) in [6.07, 6.45) is 3.63. The lowest BCUT2D eigenvalue weighted by Crippen LogP contribution is -2.32. The molecule has 0 bridgehead atoms. The Morgan fingerprint density at radius 2 is 2.21 bits per heavy atom.